The lowest BCUT2D eigenvalue weighted by molar-refractivity contribution is -0.120. The monoisotopic (exact) mass is 479 g/mol. The van der Waals surface area contributed by atoms with Crippen LogP contribution in [-0.4, -0.2) is 60.7 Å². The normalized spacial score (nSPS) is 15.1. The van der Waals surface area contributed by atoms with Gasteiger partial charge in [-0.05, 0) is 31.5 Å². The van der Waals surface area contributed by atoms with E-state index in [-0.39, 0.29) is 24.3 Å². The fraction of sp³-hybridized carbons (Fsp3) is 0.308. The number of aromatic hydroxyl groups is 1. The number of nitrogens with zero attached hydrogens (tertiary/aromatic N) is 2. The molecule has 0 bridgehead atoms. The van der Waals surface area contributed by atoms with Crippen molar-refractivity contribution in [2.24, 2.45) is 0 Å². The largest absolute Gasteiger partial charge is 0.506 e. The van der Waals surface area contributed by atoms with Crippen molar-refractivity contribution in [3.05, 3.63) is 65.5 Å². The fourth-order valence-electron chi connectivity index (χ4n) is 4.15. The maximum atomic E-state index is 13.1. The van der Waals surface area contributed by atoms with Gasteiger partial charge < -0.3 is 20.1 Å². The SMILES string of the molecule is CCOC(=O)c1c(-c2ccccc2)csc1NC(=O)C(C)N1CCN(c2ccccc2O)CC1. The number of hydrogen-bond donors (Lipinski definition) is 2. The van der Waals surface area contributed by atoms with Crippen molar-refractivity contribution in [3.63, 3.8) is 0 Å². The summed E-state index contributed by atoms with van der Waals surface area (Å²) in [6, 6.07) is 16.5. The summed E-state index contributed by atoms with van der Waals surface area (Å²) in [6.07, 6.45) is 0. The van der Waals surface area contributed by atoms with Crippen molar-refractivity contribution in [2.75, 3.05) is 43.0 Å². The first kappa shape index (κ1) is 23.8. The highest BCUT2D eigenvalue weighted by atomic mass is 32.1. The highest BCUT2D eigenvalue weighted by Crippen LogP contribution is 2.36. The molecule has 1 aliphatic heterocycles. The first-order valence-corrected chi connectivity index (χ1v) is 12.3. The molecular formula is C26H29N3O4S. The first-order chi connectivity index (χ1) is 16.5. The van der Waals surface area contributed by atoms with Crippen molar-refractivity contribution >= 4 is 33.9 Å². The molecule has 8 heteroatoms. The Balaban J connectivity index is 1.46. The van der Waals surface area contributed by atoms with Crippen LogP contribution in [0.15, 0.2) is 60.0 Å². The van der Waals surface area contributed by atoms with Gasteiger partial charge in [-0.2, -0.15) is 0 Å². The third kappa shape index (κ3) is 5.08. The second-order valence-corrected chi connectivity index (χ2v) is 9.00. The van der Waals surface area contributed by atoms with Gasteiger partial charge in [0.1, 0.15) is 16.3 Å². The van der Waals surface area contributed by atoms with Gasteiger partial charge in [0, 0.05) is 37.1 Å². The van der Waals surface area contributed by atoms with Crippen LogP contribution in [0.3, 0.4) is 0 Å². The Labute approximate surface area is 203 Å². The molecule has 2 heterocycles. The fourth-order valence-corrected chi connectivity index (χ4v) is 5.11. The molecule has 178 valence electrons. The van der Waals surface area contributed by atoms with Gasteiger partial charge in [-0.15, -0.1) is 11.3 Å². The zero-order valence-corrected chi connectivity index (χ0v) is 20.2. The highest BCUT2D eigenvalue weighted by molar-refractivity contribution is 7.15. The summed E-state index contributed by atoms with van der Waals surface area (Å²) in [6.45, 7) is 6.69. The maximum absolute atomic E-state index is 13.1. The van der Waals surface area contributed by atoms with Crippen LogP contribution in [0.25, 0.3) is 11.1 Å². The van der Waals surface area contributed by atoms with Crippen molar-refractivity contribution in [1.82, 2.24) is 4.90 Å². The molecule has 1 aromatic heterocycles. The van der Waals surface area contributed by atoms with Crippen LogP contribution in [0.5, 0.6) is 5.75 Å². The van der Waals surface area contributed by atoms with Crippen molar-refractivity contribution in [3.8, 4) is 16.9 Å². The average Bonchev–Trinajstić information content (AvgIpc) is 3.28. The van der Waals surface area contributed by atoms with E-state index in [0.717, 1.165) is 16.8 Å². The molecule has 0 radical (unpaired) electrons. The van der Waals surface area contributed by atoms with Crippen LogP contribution in [0, 0.1) is 0 Å². The van der Waals surface area contributed by atoms with Crippen molar-refractivity contribution in [2.45, 2.75) is 19.9 Å². The summed E-state index contributed by atoms with van der Waals surface area (Å²) in [7, 11) is 0. The molecule has 34 heavy (non-hydrogen) atoms. The number of esters is 1. The van der Waals surface area contributed by atoms with E-state index < -0.39 is 5.97 Å². The minimum Gasteiger partial charge on any atom is -0.506 e. The summed E-state index contributed by atoms with van der Waals surface area (Å²) in [5.41, 5.74) is 2.85. The molecular weight excluding hydrogens is 450 g/mol. The Kier molecular flexibility index (Phi) is 7.49. The van der Waals surface area contributed by atoms with E-state index in [0.29, 0.717) is 36.7 Å². The van der Waals surface area contributed by atoms with E-state index in [1.54, 1.807) is 19.1 Å². The zero-order valence-electron chi connectivity index (χ0n) is 19.4. The quantitative estimate of drug-likeness (QED) is 0.488. The molecule has 0 saturated carbocycles. The Hall–Kier alpha value is -3.36. The number of phenols is 1. The molecule has 1 saturated heterocycles. The molecule has 1 unspecified atom stereocenters. The van der Waals surface area contributed by atoms with Crippen molar-refractivity contribution in [1.29, 1.82) is 0 Å². The lowest BCUT2D eigenvalue weighted by Gasteiger charge is -2.38. The molecule has 3 aromatic rings. The number of carbonyl (C=O) groups excluding carboxylic acids is 2. The minimum absolute atomic E-state index is 0.164. The van der Waals surface area contributed by atoms with Gasteiger partial charge in [0.2, 0.25) is 5.91 Å². The third-order valence-electron chi connectivity index (χ3n) is 6.06. The Bertz CT molecular complexity index is 1140. The molecule has 7 nitrogen and oxygen atoms in total. The van der Waals surface area contributed by atoms with Gasteiger partial charge in [0.05, 0.1) is 18.3 Å². The molecule has 0 aliphatic carbocycles. The number of thiophene rings is 1. The van der Waals surface area contributed by atoms with Crippen LogP contribution < -0.4 is 10.2 Å². The molecule has 2 aromatic carbocycles. The minimum atomic E-state index is -0.443. The van der Waals surface area contributed by atoms with Crippen LogP contribution in [0.2, 0.25) is 0 Å². The van der Waals surface area contributed by atoms with Gasteiger partial charge in [-0.25, -0.2) is 4.79 Å². The van der Waals surface area contributed by atoms with E-state index in [1.807, 2.05) is 54.8 Å². The molecule has 4 rings (SSSR count). The summed E-state index contributed by atoms with van der Waals surface area (Å²) in [5.74, 6) is -0.343. The van der Waals surface area contributed by atoms with Gasteiger partial charge in [0.15, 0.2) is 0 Å². The third-order valence-corrected chi connectivity index (χ3v) is 6.95. The van der Waals surface area contributed by atoms with E-state index in [1.165, 1.54) is 11.3 Å². The number of phenolic OH excluding ortho intramolecular Hbond substituents is 1. The Morgan fingerprint density at radius 2 is 1.74 bits per heavy atom. The number of hydrogen-bond acceptors (Lipinski definition) is 7. The lowest BCUT2D eigenvalue weighted by Crippen LogP contribution is -2.52. The number of benzene rings is 2. The van der Waals surface area contributed by atoms with E-state index in [2.05, 4.69) is 15.1 Å². The molecule has 0 spiro atoms. The van der Waals surface area contributed by atoms with E-state index in [9.17, 15) is 14.7 Å². The van der Waals surface area contributed by atoms with E-state index in [4.69, 9.17) is 4.74 Å². The number of rotatable bonds is 7. The van der Waals surface area contributed by atoms with Crippen molar-refractivity contribution < 1.29 is 19.4 Å². The second-order valence-electron chi connectivity index (χ2n) is 8.12. The average molecular weight is 480 g/mol. The number of para-hydroxylation sites is 2. The standard InChI is InChI=1S/C26H29N3O4S/c1-3-33-26(32)23-20(19-9-5-4-6-10-19)17-34-25(23)27-24(31)18(2)28-13-15-29(16-14-28)21-11-7-8-12-22(21)30/h4-12,17-18,30H,3,13-16H2,1-2H3,(H,27,31). The molecule has 1 aliphatic rings. The molecule has 2 N–H and O–H groups in total. The number of ether oxygens (including phenoxy) is 1. The number of carbonyl (C=O) groups is 2. The first-order valence-electron chi connectivity index (χ1n) is 11.4. The van der Waals surface area contributed by atoms with Crippen LogP contribution in [-0.2, 0) is 9.53 Å². The Morgan fingerprint density at radius 3 is 2.41 bits per heavy atom. The van der Waals surface area contributed by atoms with Gasteiger partial charge in [-0.1, -0.05) is 42.5 Å². The number of amides is 1. The molecule has 1 amide bonds. The van der Waals surface area contributed by atoms with Gasteiger partial charge in [-0.3, -0.25) is 9.69 Å². The topological polar surface area (TPSA) is 82.1 Å². The summed E-state index contributed by atoms with van der Waals surface area (Å²) in [4.78, 5) is 30.2. The highest BCUT2D eigenvalue weighted by Gasteiger charge is 2.29. The van der Waals surface area contributed by atoms with Crippen LogP contribution >= 0.6 is 11.3 Å². The smallest absolute Gasteiger partial charge is 0.341 e. The number of nitrogens with one attached hydrogen (secondary N) is 1. The summed E-state index contributed by atoms with van der Waals surface area (Å²) in [5, 5.41) is 15.5. The second kappa shape index (κ2) is 10.7. The lowest BCUT2D eigenvalue weighted by atomic mass is 10.0. The maximum Gasteiger partial charge on any atom is 0.341 e. The number of anilines is 2. The van der Waals surface area contributed by atoms with Gasteiger partial charge in [0.25, 0.3) is 0 Å². The molecule has 1 fully saturated rings. The predicted octanol–water partition coefficient (Wildman–Crippen LogP) is 4.45. The molecule has 1 atom stereocenters. The van der Waals surface area contributed by atoms with E-state index >= 15 is 0 Å². The Morgan fingerprint density at radius 1 is 1.06 bits per heavy atom. The summed E-state index contributed by atoms with van der Waals surface area (Å²) < 4.78 is 5.29. The zero-order chi connectivity index (χ0) is 24.1. The van der Waals surface area contributed by atoms with Crippen LogP contribution in [0.1, 0.15) is 24.2 Å². The summed E-state index contributed by atoms with van der Waals surface area (Å²) >= 11 is 1.33. The predicted molar refractivity (Wildman–Crippen MR) is 136 cm³/mol. The van der Waals surface area contributed by atoms with Gasteiger partial charge >= 0.3 is 5.97 Å². The van der Waals surface area contributed by atoms with Crippen LogP contribution in [0.4, 0.5) is 10.7 Å². The number of piperazine rings is 1.